The molecule has 0 saturated carbocycles. The summed E-state index contributed by atoms with van der Waals surface area (Å²) in [7, 11) is 0. The predicted octanol–water partition coefficient (Wildman–Crippen LogP) is 3.80. The molecule has 0 saturated heterocycles. The molecule has 0 atom stereocenters. The number of aromatic nitrogens is 2. The first-order valence-corrected chi connectivity index (χ1v) is 6.68. The van der Waals surface area contributed by atoms with Gasteiger partial charge >= 0.3 is 0 Å². The third kappa shape index (κ3) is 2.46. The molecule has 0 spiro atoms. The van der Waals surface area contributed by atoms with E-state index >= 15 is 0 Å². The summed E-state index contributed by atoms with van der Waals surface area (Å²) in [5.74, 6) is 0. The van der Waals surface area contributed by atoms with Gasteiger partial charge in [-0.25, -0.2) is 4.98 Å². The molecule has 3 aromatic rings. The lowest BCUT2D eigenvalue weighted by Crippen LogP contribution is -1.94. The van der Waals surface area contributed by atoms with Crippen LogP contribution in [0.5, 0.6) is 0 Å². The van der Waals surface area contributed by atoms with Crippen molar-refractivity contribution < 1.29 is 0 Å². The first-order chi connectivity index (χ1) is 8.92. The van der Waals surface area contributed by atoms with E-state index < -0.39 is 0 Å². The van der Waals surface area contributed by atoms with Crippen LogP contribution in [-0.2, 0) is 6.42 Å². The summed E-state index contributed by atoms with van der Waals surface area (Å²) in [6.07, 6.45) is 4.48. The van der Waals surface area contributed by atoms with Crippen molar-refractivity contribution in [1.82, 2.24) is 9.97 Å². The molecule has 2 nitrogen and oxygen atoms in total. The molecule has 0 bridgehead atoms. The third-order valence-corrected chi connectivity index (χ3v) is 3.58. The maximum absolute atomic E-state index is 4.66. The van der Waals surface area contributed by atoms with Crippen LogP contribution >= 0.6 is 11.3 Å². The largest absolute Gasteiger partial charge is 0.261 e. The highest BCUT2D eigenvalue weighted by molar-refractivity contribution is 7.13. The SMILES string of the molecule is c1ccc(Cc2cncc(-c3cccs3)n2)cc1. The maximum atomic E-state index is 4.66. The summed E-state index contributed by atoms with van der Waals surface area (Å²) < 4.78 is 0. The Morgan fingerprint density at radius 2 is 1.83 bits per heavy atom. The number of nitrogens with zero attached hydrogens (tertiary/aromatic N) is 2. The van der Waals surface area contributed by atoms with Crippen molar-refractivity contribution in [1.29, 1.82) is 0 Å². The van der Waals surface area contributed by atoms with Crippen molar-refractivity contribution in [3.8, 4) is 10.6 Å². The highest BCUT2D eigenvalue weighted by Gasteiger charge is 2.03. The minimum absolute atomic E-state index is 0.826. The summed E-state index contributed by atoms with van der Waals surface area (Å²) in [4.78, 5) is 10.1. The zero-order valence-corrected chi connectivity index (χ0v) is 10.6. The van der Waals surface area contributed by atoms with Gasteiger partial charge in [0.1, 0.15) is 0 Å². The van der Waals surface area contributed by atoms with E-state index in [0.29, 0.717) is 0 Å². The summed E-state index contributed by atoms with van der Waals surface area (Å²) in [6, 6.07) is 14.4. The zero-order chi connectivity index (χ0) is 12.2. The van der Waals surface area contributed by atoms with Gasteiger partial charge in [-0.2, -0.15) is 0 Å². The topological polar surface area (TPSA) is 25.8 Å². The van der Waals surface area contributed by atoms with Gasteiger partial charge in [-0.15, -0.1) is 11.3 Å². The van der Waals surface area contributed by atoms with Crippen molar-refractivity contribution >= 4 is 11.3 Å². The van der Waals surface area contributed by atoms with Crippen LogP contribution < -0.4 is 0 Å². The van der Waals surface area contributed by atoms with E-state index in [9.17, 15) is 0 Å². The van der Waals surface area contributed by atoms with Crippen molar-refractivity contribution in [3.05, 3.63) is 71.5 Å². The molecular weight excluding hydrogens is 240 g/mol. The van der Waals surface area contributed by atoms with Gasteiger partial charge in [-0.1, -0.05) is 36.4 Å². The third-order valence-electron chi connectivity index (χ3n) is 2.69. The van der Waals surface area contributed by atoms with Crippen LogP contribution in [0.15, 0.2) is 60.2 Å². The zero-order valence-electron chi connectivity index (χ0n) is 9.78. The molecule has 0 aliphatic heterocycles. The van der Waals surface area contributed by atoms with Crippen molar-refractivity contribution in [2.75, 3.05) is 0 Å². The second kappa shape index (κ2) is 5.10. The second-order valence-electron chi connectivity index (χ2n) is 4.04. The molecule has 0 aliphatic rings. The smallest absolute Gasteiger partial charge is 0.0988 e. The second-order valence-corrected chi connectivity index (χ2v) is 4.98. The van der Waals surface area contributed by atoms with Crippen LogP contribution in [-0.4, -0.2) is 9.97 Å². The van der Waals surface area contributed by atoms with Gasteiger partial charge in [0, 0.05) is 12.6 Å². The molecule has 0 radical (unpaired) electrons. The molecule has 0 unspecified atom stereocenters. The fourth-order valence-corrected chi connectivity index (χ4v) is 2.52. The monoisotopic (exact) mass is 252 g/mol. The fourth-order valence-electron chi connectivity index (χ4n) is 1.84. The first-order valence-electron chi connectivity index (χ1n) is 5.80. The average Bonchev–Trinajstić information content (AvgIpc) is 2.94. The van der Waals surface area contributed by atoms with Crippen LogP contribution in [0, 0.1) is 0 Å². The number of benzene rings is 1. The van der Waals surface area contributed by atoms with E-state index in [1.807, 2.05) is 36.7 Å². The number of rotatable bonds is 3. The molecule has 2 aromatic heterocycles. The lowest BCUT2D eigenvalue weighted by atomic mass is 10.1. The van der Waals surface area contributed by atoms with E-state index in [2.05, 4.69) is 33.5 Å². The van der Waals surface area contributed by atoms with E-state index in [0.717, 1.165) is 22.7 Å². The van der Waals surface area contributed by atoms with Crippen LogP contribution in [0.2, 0.25) is 0 Å². The summed E-state index contributed by atoms with van der Waals surface area (Å²) >= 11 is 1.69. The van der Waals surface area contributed by atoms with Gasteiger partial charge in [0.05, 0.1) is 22.5 Å². The van der Waals surface area contributed by atoms with E-state index in [4.69, 9.17) is 0 Å². The lowest BCUT2D eigenvalue weighted by Gasteiger charge is -2.02. The Balaban J connectivity index is 1.88. The molecular formula is C15H12N2S. The number of thiophene rings is 1. The minimum Gasteiger partial charge on any atom is -0.261 e. The Bertz CT molecular complexity index is 618. The predicted molar refractivity (Wildman–Crippen MR) is 74.6 cm³/mol. The van der Waals surface area contributed by atoms with Crippen LogP contribution in [0.3, 0.4) is 0 Å². The van der Waals surface area contributed by atoms with E-state index in [1.165, 1.54) is 5.56 Å². The molecule has 1 aromatic carbocycles. The van der Waals surface area contributed by atoms with Crippen molar-refractivity contribution in [2.45, 2.75) is 6.42 Å². The summed E-state index contributed by atoms with van der Waals surface area (Å²) in [5, 5.41) is 2.06. The Morgan fingerprint density at radius 1 is 0.944 bits per heavy atom. The maximum Gasteiger partial charge on any atom is 0.0988 e. The van der Waals surface area contributed by atoms with Gasteiger partial charge in [0.15, 0.2) is 0 Å². The van der Waals surface area contributed by atoms with E-state index in [1.54, 1.807) is 11.3 Å². The molecule has 3 heteroatoms. The molecule has 0 fully saturated rings. The number of hydrogen-bond acceptors (Lipinski definition) is 3. The molecule has 0 amide bonds. The standard InChI is InChI=1S/C15H12N2S/c1-2-5-12(6-3-1)9-13-10-16-11-14(17-13)15-7-4-8-18-15/h1-8,10-11H,9H2. The molecule has 18 heavy (non-hydrogen) atoms. The van der Waals surface area contributed by atoms with Crippen LogP contribution in [0.25, 0.3) is 10.6 Å². The molecule has 3 rings (SSSR count). The van der Waals surface area contributed by atoms with Crippen molar-refractivity contribution in [3.63, 3.8) is 0 Å². The van der Waals surface area contributed by atoms with Gasteiger partial charge in [-0.05, 0) is 17.0 Å². The van der Waals surface area contributed by atoms with Gasteiger partial charge in [0.2, 0.25) is 0 Å². The number of hydrogen-bond donors (Lipinski definition) is 0. The highest BCUT2D eigenvalue weighted by atomic mass is 32.1. The molecule has 0 aliphatic carbocycles. The van der Waals surface area contributed by atoms with Crippen molar-refractivity contribution in [2.24, 2.45) is 0 Å². The highest BCUT2D eigenvalue weighted by Crippen LogP contribution is 2.22. The average molecular weight is 252 g/mol. The fraction of sp³-hybridized carbons (Fsp3) is 0.0667. The van der Waals surface area contributed by atoms with Crippen LogP contribution in [0.1, 0.15) is 11.3 Å². The quantitative estimate of drug-likeness (QED) is 0.708. The summed E-state index contributed by atoms with van der Waals surface area (Å²) in [6.45, 7) is 0. The van der Waals surface area contributed by atoms with Crippen LogP contribution in [0.4, 0.5) is 0 Å². The van der Waals surface area contributed by atoms with Gasteiger partial charge in [-0.3, -0.25) is 4.98 Å². The molecule has 0 N–H and O–H groups in total. The normalized spacial score (nSPS) is 10.4. The first kappa shape index (κ1) is 11.1. The Kier molecular flexibility index (Phi) is 3.15. The van der Waals surface area contributed by atoms with Gasteiger partial charge < -0.3 is 0 Å². The molecule has 88 valence electrons. The lowest BCUT2D eigenvalue weighted by molar-refractivity contribution is 1.04. The Hall–Kier alpha value is -2.00. The minimum atomic E-state index is 0.826. The summed E-state index contributed by atoms with van der Waals surface area (Å²) in [5.41, 5.74) is 3.22. The molecule has 2 heterocycles. The van der Waals surface area contributed by atoms with Gasteiger partial charge in [0.25, 0.3) is 0 Å². The Morgan fingerprint density at radius 3 is 2.61 bits per heavy atom. The Labute approximate surface area is 110 Å². The van der Waals surface area contributed by atoms with E-state index in [-0.39, 0.29) is 0 Å².